The van der Waals surface area contributed by atoms with Crippen molar-refractivity contribution >= 4 is 11.8 Å². The summed E-state index contributed by atoms with van der Waals surface area (Å²) in [6, 6.07) is 0. The topological polar surface area (TPSA) is 43.4 Å². The van der Waals surface area contributed by atoms with Crippen LogP contribution in [0.4, 0.5) is 0 Å². The molecule has 0 aromatic carbocycles. The molecule has 5 unspecified atom stereocenters. The second kappa shape index (κ2) is 1.73. The molecule has 0 aromatic rings. The Labute approximate surface area is 70.1 Å². The first kappa shape index (κ1) is 6.63. The van der Waals surface area contributed by atoms with Crippen molar-refractivity contribution in [3.05, 3.63) is 0 Å². The molecule has 0 aliphatic heterocycles. The summed E-state index contributed by atoms with van der Waals surface area (Å²) in [6.45, 7) is 0. The number of Topliss-reactive ketones (excluding diaryl/α,β-unsaturated/α-hetero) is 1. The quantitative estimate of drug-likeness (QED) is 0.524. The predicted octanol–water partition coefficient (Wildman–Crippen LogP) is 0.240. The predicted molar refractivity (Wildman–Crippen MR) is 39.1 cm³/mol. The Morgan fingerprint density at radius 3 is 2.67 bits per heavy atom. The number of ether oxygens (including phenoxy) is 1. The number of carbonyl (C=O) groups excluding carboxylic acids is 2. The van der Waals surface area contributed by atoms with Crippen LogP contribution in [0.25, 0.3) is 0 Å². The first-order chi connectivity index (χ1) is 5.75. The summed E-state index contributed by atoms with van der Waals surface area (Å²) in [6.07, 6.45) is 0.952. The molecule has 12 heavy (non-hydrogen) atoms. The third-order valence-corrected chi connectivity index (χ3v) is 3.77. The first-order valence-corrected chi connectivity index (χ1v) is 4.37. The van der Waals surface area contributed by atoms with Crippen LogP contribution in [0.2, 0.25) is 0 Å². The lowest BCUT2D eigenvalue weighted by Crippen LogP contribution is -2.21. The highest BCUT2D eigenvalue weighted by molar-refractivity contribution is 5.98. The van der Waals surface area contributed by atoms with Gasteiger partial charge in [0.15, 0.2) is 0 Å². The number of hydrogen-bond donors (Lipinski definition) is 0. The third-order valence-electron chi connectivity index (χ3n) is 3.77. The summed E-state index contributed by atoms with van der Waals surface area (Å²) in [5, 5.41) is 0. The van der Waals surface area contributed by atoms with Gasteiger partial charge < -0.3 is 4.74 Å². The zero-order valence-electron chi connectivity index (χ0n) is 6.82. The van der Waals surface area contributed by atoms with Crippen molar-refractivity contribution in [2.24, 2.45) is 29.6 Å². The van der Waals surface area contributed by atoms with E-state index in [1.54, 1.807) is 0 Å². The van der Waals surface area contributed by atoms with Gasteiger partial charge in [-0.25, -0.2) is 0 Å². The van der Waals surface area contributed by atoms with E-state index in [-0.39, 0.29) is 23.7 Å². The van der Waals surface area contributed by atoms with Gasteiger partial charge in [-0.05, 0) is 18.3 Å². The average Bonchev–Trinajstić information content (AvgIpc) is 2.42. The van der Waals surface area contributed by atoms with E-state index >= 15 is 0 Å². The van der Waals surface area contributed by atoms with Crippen molar-refractivity contribution in [2.45, 2.75) is 6.42 Å². The molecule has 4 aliphatic carbocycles. The van der Waals surface area contributed by atoms with E-state index in [1.807, 2.05) is 0 Å². The van der Waals surface area contributed by atoms with Gasteiger partial charge in [-0.3, -0.25) is 9.59 Å². The molecule has 5 atom stereocenters. The molecule has 0 amide bonds. The number of hydrogen-bond acceptors (Lipinski definition) is 3. The minimum Gasteiger partial charge on any atom is -0.469 e. The normalized spacial score (nSPS) is 52.8. The lowest BCUT2D eigenvalue weighted by molar-refractivity contribution is -0.147. The molecule has 64 valence electrons. The molecule has 3 nitrogen and oxygen atoms in total. The van der Waals surface area contributed by atoms with Crippen molar-refractivity contribution in [1.29, 1.82) is 0 Å². The Bertz CT molecular complexity index is 283. The van der Waals surface area contributed by atoms with Crippen molar-refractivity contribution < 1.29 is 14.3 Å². The molecule has 4 rings (SSSR count). The molecular formula is C9H10O3. The van der Waals surface area contributed by atoms with Gasteiger partial charge in [0.05, 0.1) is 13.0 Å². The average molecular weight is 166 g/mol. The van der Waals surface area contributed by atoms with Crippen LogP contribution in [0.5, 0.6) is 0 Å². The Morgan fingerprint density at radius 1 is 1.58 bits per heavy atom. The van der Waals surface area contributed by atoms with Gasteiger partial charge in [0, 0.05) is 11.8 Å². The van der Waals surface area contributed by atoms with Gasteiger partial charge in [-0.1, -0.05) is 0 Å². The Hall–Kier alpha value is -0.860. The SMILES string of the molecule is COC(=O)C1C2CC3C(C2=O)C31. The van der Waals surface area contributed by atoms with Gasteiger partial charge in [-0.2, -0.15) is 0 Å². The maximum Gasteiger partial charge on any atom is 0.309 e. The van der Waals surface area contributed by atoms with Gasteiger partial charge in [0.25, 0.3) is 0 Å². The van der Waals surface area contributed by atoms with E-state index in [0.717, 1.165) is 6.42 Å². The summed E-state index contributed by atoms with van der Waals surface area (Å²) in [7, 11) is 1.40. The van der Waals surface area contributed by atoms with Crippen LogP contribution in [0, 0.1) is 29.6 Å². The lowest BCUT2D eigenvalue weighted by Gasteiger charge is -2.09. The van der Waals surface area contributed by atoms with Crippen molar-refractivity contribution in [2.75, 3.05) is 7.11 Å². The maximum absolute atomic E-state index is 11.4. The minimum absolute atomic E-state index is 0.0254. The van der Waals surface area contributed by atoms with E-state index in [1.165, 1.54) is 7.11 Å². The van der Waals surface area contributed by atoms with Crippen molar-refractivity contribution in [3.8, 4) is 0 Å². The summed E-state index contributed by atoms with van der Waals surface area (Å²) < 4.78 is 4.69. The molecule has 0 heterocycles. The Kier molecular flexibility index (Phi) is 0.955. The Balaban J connectivity index is 1.93. The fourth-order valence-corrected chi connectivity index (χ4v) is 3.30. The van der Waals surface area contributed by atoms with Crippen LogP contribution in [-0.2, 0) is 14.3 Å². The molecule has 0 saturated heterocycles. The maximum atomic E-state index is 11.4. The number of ketones is 1. The van der Waals surface area contributed by atoms with Crippen molar-refractivity contribution in [1.82, 2.24) is 0 Å². The summed E-state index contributed by atoms with van der Waals surface area (Å²) in [5.74, 6) is 1.29. The van der Waals surface area contributed by atoms with E-state index in [2.05, 4.69) is 4.74 Å². The molecule has 0 aromatic heterocycles. The van der Waals surface area contributed by atoms with Gasteiger partial charge in [0.1, 0.15) is 5.78 Å². The highest BCUT2D eigenvalue weighted by atomic mass is 16.5. The fraction of sp³-hybridized carbons (Fsp3) is 0.778. The number of esters is 1. The highest BCUT2D eigenvalue weighted by Gasteiger charge is 2.75. The van der Waals surface area contributed by atoms with E-state index in [9.17, 15) is 9.59 Å². The second-order valence-corrected chi connectivity index (χ2v) is 4.06. The molecule has 4 bridgehead atoms. The molecule has 0 radical (unpaired) electrons. The first-order valence-electron chi connectivity index (χ1n) is 4.37. The minimum atomic E-state index is -0.166. The van der Waals surface area contributed by atoms with E-state index < -0.39 is 0 Å². The number of rotatable bonds is 1. The Morgan fingerprint density at radius 2 is 2.33 bits per heavy atom. The zero-order valence-corrected chi connectivity index (χ0v) is 6.82. The van der Waals surface area contributed by atoms with Crippen LogP contribution >= 0.6 is 0 Å². The molecule has 4 aliphatic rings. The van der Waals surface area contributed by atoms with E-state index in [0.29, 0.717) is 17.6 Å². The lowest BCUT2D eigenvalue weighted by atomic mass is 9.98. The van der Waals surface area contributed by atoms with Gasteiger partial charge >= 0.3 is 5.97 Å². The number of methoxy groups -OCH3 is 1. The number of carbonyl (C=O) groups is 2. The molecule has 0 spiro atoms. The fourth-order valence-electron chi connectivity index (χ4n) is 3.30. The third kappa shape index (κ3) is 0.490. The van der Waals surface area contributed by atoms with Gasteiger partial charge in [-0.15, -0.1) is 0 Å². The van der Waals surface area contributed by atoms with Crippen LogP contribution in [-0.4, -0.2) is 18.9 Å². The van der Waals surface area contributed by atoms with Gasteiger partial charge in [0.2, 0.25) is 0 Å². The van der Waals surface area contributed by atoms with Crippen LogP contribution in [0.1, 0.15) is 6.42 Å². The molecule has 4 saturated carbocycles. The second-order valence-electron chi connectivity index (χ2n) is 4.06. The molecular weight excluding hydrogens is 156 g/mol. The van der Waals surface area contributed by atoms with Crippen molar-refractivity contribution in [3.63, 3.8) is 0 Å². The molecule has 0 N–H and O–H groups in total. The van der Waals surface area contributed by atoms with Crippen LogP contribution in [0.15, 0.2) is 0 Å². The summed E-state index contributed by atoms with van der Waals surface area (Å²) in [5.41, 5.74) is 0. The molecule has 3 heteroatoms. The summed E-state index contributed by atoms with van der Waals surface area (Å²) in [4.78, 5) is 22.7. The summed E-state index contributed by atoms with van der Waals surface area (Å²) >= 11 is 0. The standard InChI is InChI=1S/C9H10O3/c1-12-9(11)7-4-2-3-5(7)6(3)8(4)10/h3-7H,2H2,1H3. The van der Waals surface area contributed by atoms with E-state index in [4.69, 9.17) is 0 Å². The zero-order chi connectivity index (χ0) is 8.46. The van der Waals surface area contributed by atoms with Crippen LogP contribution < -0.4 is 0 Å². The monoisotopic (exact) mass is 166 g/mol. The van der Waals surface area contributed by atoms with Crippen LogP contribution in [0.3, 0.4) is 0 Å². The molecule has 4 fully saturated rings. The highest BCUT2D eigenvalue weighted by Crippen LogP contribution is 2.71. The smallest absolute Gasteiger partial charge is 0.309 e. The largest absolute Gasteiger partial charge is 0.469 e.